The highest BCUT2D eigenvalue weighted by molar-refractivity contribution is 7.15. The predicted molar refractivity (Wildman–Crippen MR) is 111 cm³/mol. The van der Waals surface area contributed by atoms with Crippen LogP contribution < -0.4 is 20.1 Å². The number of nitrogens with one attached hydrogen (secondary N) is 2. The molecule has 1 aliphatic carbocycles. The minimum absolute atomic E-state index is 0.0702. The zero-order valence-electron chi connectivity index (χ0n) is 16.5. The molecule has 0 atom stereocenters. The number of carbonyl (C=O) groups is 2. The van der Waals surface area contributed by atoms with E-state index in [1.54, 1.807) is 32.4 Å². The largest absolute Gasteiger partial charge is 0.497 e. The Morgan fingerprint density at radius 2 is 2.07 bits per heavy atom. The van der Waals surface area contributed by atoms with Crippen LogP contribution in [-0.4, -0.2) is 49.0 Å². The number of fused-ring (bicyclic) bond motifs is 1. The first-order valence-corrected chi connectivity index (χ1v) is 10.4. The van der Waals surface area contributed by atoms with Crippen LogP contribution in [-0.2, 0) is 22.6 Å². The standard InChI is InChI=1S/C20H24N4O4S/c1-27-13-5-6-14(16(9-13)28-2)21-18(25)11-24-8-7-15-17(10-24)29-20(22-15)23-19(26)12-3-4-12/h5-6,9,12H,3-4,7-8,10-11H2,1-2H3,(H,21,25)(H,22,23,26). The Morgan fingerprint density at radius 1 is 1.24 bits per heavy atom. The van der Waals surface area contributed by atoms with Crippen molar-refractivity contribution < 1.29 is 19.1 Å². The molecule has 2 heterocycles. The highest BCUT2D eigenvalue weighted by Crippen LogP contribution is 2.33. The lowest BCUT2D eigenvalue weighted by molar-refractivity contribution is -0.118. The van der Waals surface area contributed by atoms with E-state index in [1.165, 1.54) is 11.3 Å². The number of aromatic nitrogens is 1. The van der Waals surface area contributed by atoms with Gasteiger partial charge in [0.15, 0.2) is 5.13 Å². The Kier molecular flexibility index (Phi) is 5.68. The van der Waals surface area contributed by atoms with Crippen LogP contribution in [0.3, 0.4) is 0 Å². The molecule has 9 heteroatoms. The Morgan fingerprint density at radius 3 is 2.79 bits per heavy atom. The van der Waals surface area contributed by atoms with Crippen LogP contribution in [0.2, 0.25) is 0 Å². The minimum atomic E-state index is -0.108. The number of carbonyl (C=O) groups excluding carboxylic acids is 2. The van der Waals surface area contributed by atoms with E-state index < -0.39 is 0 Å². The molecule has 4 rings (SSSR count). The molecule has 8 nitrogen and oxygen atoms in total. The molecule has 29 heavy (non-hydrogen) atoms. The fourth-order valence-electron chi connectivity index (χ4n) is 3.28. The van der Waals surface area contributed by atoms with Crippen LogP contribution in [0.15, 0.2) is 18.2 Å². The van der Waals surface area contributed by atoms with Crippen molar-refractivity contribution in [1.29, 1.82) is 0 Å². The second-order valence-corrected chi connectivity index (χ2v) is 8.31. The average molecular weight is 417 g/mol. The smallest absolute Gasteiger partial charge is 0.238 e. The summed E-state index contributed by atoms with van der Waals surface area (Å²) >= 11 is 1.50. The molecular formula is C20H24N4O4S. The molecular weight excluding hydrogens is 392 g/mol. The van der Waals surface area contributed by atoms with Gasteiger partial charge in [0.2, 0.25) is 11.8 Å². The maximum atomic E-state index is 12.5. The lowest BCUT2D eigenvalue weighted by Gasteiger charge is -2.25. The van der Waals surface area contributed by atoms with E-state index in [-0.39, 0.29) is 24.3 Å². The minimum Gasteiger partial charge on any atom is -0.497 e. The maximum Gasteiger partial charge on any atom is 0.238 e. The fourth-order valence-corrected chi connectivity index (χ4v) is 4.34. The van der Waals surface area contributed by atoms with Crippen LogP contribution in [0, 0.1) is 5.92 Å². The Labute approximate surface area is 173 Å². The van der Waals surface area contributed by atoms with Gasteiger partial charge in [-0.1, -0.05) is 0 Å². The summed E-state index contributed by atoms with van der Waals surface area (Å²) in [7, 11) is 3.14. The first-order valence-electron chi connectivity index (χ1n) is 9.59. The molecule has 1 aromatic heterocycles. The topological polar surface area (TPSA) is 92.8 Å². The van der Waals surface area contributed by atoms with Gasteiger partial charge in [-0.3, -0.25) is 14.5 Å². The number of benzene rings is 1. The van der Waals surface area contributed by atoms with Gasteiger partial charge in [0.1, 0.15) is 11.5 Å². The van der Waals surface area contributed by atoms with Gasteiger partial charge in [0, 0.05) is 36.4 Å². The van der Waals surface area contributed by atoms with Gasteiger partial charge in [-0.15, -0.1) is 11.3 Å². The molecule has 154 valence electrons. The molecule has 1 fully saturated rings. The van der Waals surface area contributed by atoms with E-state index in [0.29, 0.717) is 28.9 Å². The summed E-state index contributed by atoms with van der Waals surface area (Å²) in [5.74, 6) is 1.34. The van der Waals surface area contributed by atoms with Crippen molar-refractivity contribution in [3.05, 3.63) is 28.8 Å². The first kappa shape index (κ1) is 19.7. The zero-order valence-corrected chi connectivity index (χ0v) is 17.3. The van der Waals surface area contributed by atoms with Gasteiger partial charge in [0.05, 0.1) is 32.1 Å². The summed E-state index contributed by atoms with van der Waals surface area (Å²) in [5, 5.41) is 6.49. The second kappa shape index (κ2) is 8.38. The molecule has 0 radical (unpaired) electrons. The van der Waals surface area contributed by atoms with E-state index in [2.05, 4.69) is 20.5 Å². The van der Waals surface area contributed by atoms with Gasteiger partial charge in [-0.2, -0.15) is 0 Å². The number of hydrogen-bond donors (Lipinski definition) is 2. The fraction of sp³-hybridized carbons (Fsp3) is 0.450. The van der Waals surface area contributed by atoms with Crippen LogP contribution in [0.5, 0.6) is 11.5 Å². The first-order chi connectivity index (χ1) is 14.1. The summed E-state index contributed by atoms with van der Waals surface area (Å²) in [4.78, 5) is 32.2. The number of nitrogens with zero attached hydrogens (tertiary/aromatic N) is 2. The molecule has 2 aliphatic rings. The molecule has 1 aromatic carbocycles. The number of rotatable bonds is 7. The van der Waals surface area contributed by atoms with Crippen molar-refractivity contribution in [1.82, 2.24) is 9.88 Å². The zero-order chi connectivity index (χ0) is 20.4. The van der Waals surface area contributed by atoms with Gasteiger partial charge in [-0.05, 0) is 25.0 Å². The van der Waals surface area contributed by atoms with Gasteiger partial charge >= 0.3 is 0 Å². The molecule has 0 saturated heterocycles. The van der Waals surface area contributed by atoms with Crippen LogP contribution >= 0.6 is 11.3 Å². The van der Waals surface area contributed by atoms with Crippen molar-refractivity contribution in [2.45, 2.75) is 25.8 Å². The lowest BCUT2D eigenvalue weighted by atomic mass is 10.2. The van der Waals surface area contributed by atoms with Crippen LogP contribution in [0.1, 0.15) is 23.4 Å². The summed E-state index contributed by atoms with van der Waals surface area (Å²) in [6.45, 7) is 1.68. The summed E-state index contributed by atoms with van der Waals surface area (Å²) in [6.07, 6.45) is 2.71. The van der Waals surface area contributed by atoms with Gasteiger partial charge in [0.25, 0.3) is 0 Å². The molecule has 2 amide bonds. The van der Waals surface area contributed by atoms with Crippen molar-refractivity contribution in [2.75, 3.05) is 37.9 Å². The van der Waals surface area contributed by atoms with E-state index in [0.717, 1.165) is 36.4 Å². The number of amides is 2. The van der Waals surface area contributed by atoms with E-state index in [9.17, 15) is 9.59 Å². The maximum absolute atomic E-state index is 12.5. The third-order valence-electron chi connectivity index (χ3n) is 5.04. The summed E-state index contributed by atoms with van der Waals surface area (Å²) < 4.78 is 10.5. The molecule has 1 saturated carbocycles. The Bertz CT molecular complexity index is 925. The van der Waals surface area contributed by atoms with Crippen molar-refractivity contribution in [2.24, 2.45) is 5.92 Å². The molecule has 0 unspecified atom stereocenters. The number of anilines is 2. The van der Waals surface area contributed by atoms with Gasteiger partial charge < -0.3 is 20.1 Å². The lowest BCUT2D eigenvalue weighted by Crippen LogP contribution is -2.36. The Balaban J connectivity index is 1.34. The number of ether oxygens (including phenoxy) is 2. The highest BCUT2D eigenvalue weighted by atomic mass is 32.1. The molecule has 0 bridgehead atoms. The summed E-state index contributed by atoms with van der Waals surface area (Å²) in [5.41, 5.74) is 1.63. The number of methoxy groups -OCH3 is 2. The quantitative estimate of drug-likeness (QED) is 0.721. The normalized spacial score (nSPS) is 16.1. The monoisotopic (exact) mass is 416 g/mol. The third-order valence-corrected chi connectivity index (χ3v) is 6.04. The molecule has 1 aliphatic heterocycles. The predicted octanol–water partition coefficient (Wildman–Crippen LogP) is 2.51. The van der Waals surface area contributed by atoms with Crippen molar-refractivity contribution in [3.8, 4) is 11.5 Å². The van der Waals surface area contributed by atoms with E-state index in [1.807, 2.05) is 0 Å². The second-order valence-electron chi connectivity index (χ2n) is 7.23. The van der Waals surface area contributed by atoms with E-state index >= 15 is 0 Å². The third kappa shape index (κ3) is 4.68. The number of hydrogen-bond acceptors (Lipinski definition) is 7. The van der Waals surface area contributed by atoms with Gasteiger partial charge in [-0.25, -0.2) is 4.98 Å². The SMILES string of the molecule is COc1ccc(NC(=O)CN2CCc3nc(NC(=O)C4CC4)sc3C2)c(OC)c1. The highest BCUT2D eigenvalue weighted by Gasteiger charge is 2.31. The van der Waals surface area contributed by atoms with Crippen LogP contribution in [0.4, 0.5) is 10.8 Å². The molecule has 0 spiro atoms. The molecule has 2 aromatic rings. The Hall–Kier alpha value is -2.65. The average Bonchev–Trinajstić information content (AvgIpc) is 3.49. The van der Waals surface area contributed by atoms with E-state index in [4.69, 9.17) is 9.47 Å². The van der Waals surface area contributed by atoms with Crippen molar-refractivity contribution in [3.63, 3.8) is 0 Å². The molecule has 2 N–H and O–H groups in total. The van der Waals surface area contributed by atoms with Crippen molar-refractivity contribution >= 4 is 34.0 Å². The number of thiazole rings is 1. The summed E-state index contributed by atoms with van der Waals surface area (Å²) in [6, 6.07) is 5.28. The van der Waals surface area contributed by atoms with Crippen LogP contribution in [0.25, 0.3) is 0 Å².